The van der Waals surface area contributed by atoms with E-state index in [4.69, 9.17) is 5.73 Å². The highest BCUT2D eigenvalue weighted by molar-refractivity contribution is 5.79. The minimum Gasteiger partial charge on any atom is -0.338 e. The molecule has 1 aliphatic heterocycles. The molecule has 0 radical (unpaired) electrons. The largest absolute Gasteiger partial charge is 0.338 e. The van der Waals surface area contributed by atoms with Crippen LogP contribution in [0.3, 0.4) is 0 Å². The van der Waals surface area contributed by atoms with Crippen LogP contribution in [0.4, 0.5) is 4.39 Å². The zero-order valence-electron chi connectivity index (χ0n) is 12.9. The van der Waals surface area contributed by atoms with Gasteiger partial charge in [0.25, 0.3) is 0 Å². The van der Waals surface area contributed by atoms with Crippen LogP contribution in [0.25, 0.3) is 0 Å². The van der Waals surface area contributed by atoms with E-state index in [1.165, 1.54) is 12.1 Å². The summed E-state index contributed by atoms with van der Waals surface area (Å²) < 4.78 is 12.9. The first-order valence-corrected chi connectivity index (χ1v) is 7.78. The number of halogens is 1. The van der Waals surface area contributed by atoms with Gasteiger partial charge in [-0.25, -0.2) is 4.39 Å². The summed E-state index contributed by atoms with van der Waals surface area (Å²) in [5, 5.41) is 0. The van der Waals surface area contributed by atoms with Crippen LogP contribution < -0.4 is 5.73 Å². The minimum absolute atomic E-state index is 0.102. The number of likely N-dealkylation sites (tertiary alicyclic amines) is 1. The Bertz CT molecular complexity index is 474. The van der Waals surface area contributed by atoms with Crippen LogP contribution >= 0.6 is 0 Å². The minimum atomic E-state index is -0.245. The van der Waals surface area contributed by atoms with Crippen LogP contribution in [0.2, 0.25) is 0 Å². The third-order valence-corrected chi connectivity index (χ3v) is 4.52. The molecule has 2 N–H and O–H groups in total. The van der Waals surface area contributed by atoms with Crippen LogP contribution in [-0.4, -0.2) is 29.9 Å². The van der Waals surface area contributed by atoms with Gasteiger partial charge in [0, 0.05) is 25.0 Å². The molecule has 1 aromatic carbocycles. The third kappa shape index (κ3) is 3.82. The topological polar surface area (TPSA) is 46.3 Å². The summed E-state index contributed by atoms with van der Waals surface area (Å²) in [6.07, 6.45) is 2.83. The van der Waals surface area contributed by atoms with Gasteiger partial charge in [0.15, 0.2) is 0 Å². The van der Waals surface area contributed by atoms with Gasteiger partial charge in [0.2, 0.25) is 5.91 Å². The number of benzene rings is 1. The second-order valence-electron chi connectivity index (χ2n) is 6.19. The number of nitrogens with two attached hydrogens (primary N) is 1. The van der Waals surface area contributed by atoms with Crippen molar-refractivity contribution in [1.82, 2.24) is 4.90 Å². The fraction of sp³-hybridized carbons (Fsp3) is 0.588. The fourth-order valence-electron chi connectivity index (χ4n) is 3.23. The SMILES string of the molecule is C[C@H](Cc1ccc(F)cc1)C(=O)N1CCC[C@@H](C)[C@@H]1CN. The lowest BCUT2D eigenvalue weighted by Gasteiger charge is -2.40. The summed E-state index contributed by atoms with van der Waals surface area (Å²) in [5.74, 6) is 0.285. The normalized spacial score (nSPS) is 23.9. The number of piperidine rings is 1. The second kappa shape index (κ2) is 7.03. The number of carbonyl (C=O) groups excluding carboxylic acids is 1. The molecule has 0 aliphatic carbocycles. The van der Waals surface area contributed by atoms with Gasteiger partial charge in [-0.2, -0.15) is 0 Å². The van der Waals surface area contributed by atoms with E-state index >= 15 is 0 Å². The Morgan fingerprint density at radius 3 is 2.71 bits per heavy atom. The molecular formula is C17H25FN2O. The van der Waals surface area contributed by atoms with Gasteiger partial charge >= 0.3 is 0 Å². The van der Waals surface area contributed by atoms with E-state index in [0.717, 1.165) is 24.9 Å². The lowest BCUT2D eigenvalue weighted by atomic mass is 9.89. The third-order valence-electron chi connectivity index (χ3n) is 4.52. The van der Waals surface area contributed by atoms with Crippen LogP contribution in [-0.2, 0) is 11.2 Å². The van der Waals surface area contributed by atoms with E-state index in [9.17, 15) is 9.18 Å². The van der Waals surface area contributed by atoms with Crippen LogP contribution in [0, 0.1) is 17.7 Å². The summed E-state index contributed by atoms with van der Waals surface area (Å²) in [4.78, 5) is 14.6. The van der Waals surface area contributed by atoms with Crippen molar-refractivity contribution in [2.75, 3.05) is 13.1 Å². The average Bonchev–Trinajstić information content (AvgIpc) is 2.48. The van der Waals surface area contributed by atoms with Crippen molar-refractivity contribution in [3.63, 3.8) is 0 Å². The molecule has 4 heteroatoms. The Morgan fingerprint density at radius 2 is 2.10 bits per heavy atom. The molecule has 2 rings (SSSR count). The molecule has 1 amide bonds. The van der Waals surface area contributed by atoms with Crippen molar-refractivity contribution in [1.29, 1.82) is 0 Å². The molecule has 1 saturated heterocycles. The van der Waals surface area contributed by atoms with Gasteiger partial charge < -0.3 is 10.6 Å². The number of nitrogens with zero attached hydrogens (tertiary/aromatic N) is 1. The molecule has 3 nitrogen and oxygen atoms in total. The average molecular weight is 292 g/mol. The highest BCUT2D eigenvalue weighted by Crippen LogP contribution is 2.25. The second-order valence-corrected chi connectivity index (χ2v) is 6.19. The van der Waals surface area contributed by atoms with Crippen molar-refractivity contribution >= 4 is 5.91 Å². The highest BCUT2D eigenvalue weighted by atomic mass is 19.1. The van der Waals surface area contributed by atoms with E-state index in [2.05, 4.69) is 6.92 Å². The lowest BCUT2D eigenvalue weighted by molar-refractivity contribution is -0.139. The maximum atomic E-state index is 12.9. The summed E-state index contributed by atoms with van der Waals surface area (Å²) >= 11 is 0. The Kier molecular flexibility index (Phi) is 5.34. The summed E-state index contributed by atoms with van der Waals surface area (Å²) in [6.45, 7) is 5.44. The quantitative estimate of drug-likeness (QED) is 0.927. The van der Waals surface area contributed by atoms with Crippen molar-refractivity contribution in [2.45, 2.75) is 39.2 Å². The van der Waals surface area contributed by atoms with Crippen LogP contribution in [0.15, 0.2) is 24.3 Å². The monoisotopic (exact) mass is 292 g/mol. The lowest BCUT2D eigenvalue weighted by Crippen LogP contribution is -2.53. The number of carbonyl (C=O) groups is 1. The van der Waals surface area contributed by atoms with E-state index in [-0.39, 0.29) is 23.7 Å². The molecule has 3 atom stereocenters. The molecule has 0 bridgehead atoms. The Hall–Kier alpha value is -1.42. The maximum absolute atomic E-state index is 12.9. The molecule has 1 heterocycles. The maximum Gasteiger partial charge on any atom is 0.226 e. The van der Waals surface area contributed by atoms with Crippen molar-refractivity contribution in [3.8, 4) is 0 Å². The van der Waals surface area contributed by atoms with E-state index in [1.807, 2.05) is 11.8 Å². The van der Waals surface area contributed by atoms with E-state index < -0.39 is 0 Å². The Labute approximate surface area is 126 Å². The number of rotatable bonds is 4. The molecule has 0 unspecified atom stereocenters. The molecule has 21 heavy (non-hydrogen) atoms. The standard InChI is InChI=1S/C17H25FN2O/c1-12-4-3-9-20(16(12)11-19)17(21)13(2)10-14-5-7-15(18)8-6-14/h5-8,12-13,16H,3-4,9-11,19H2,1-2H3/t12-,13-,16+/m1/s1. The van der Waals surface area contributed by atoms with Gasteiger partial charge in [-0.3, -0.25) is 4.79 Å². The molecule has 1 fully saturated rings. The predicted molar refractivity (Wildman–Crippen MR) is 82.2 cm³/mol. The molecule has 0 spiro atoms. The molecule has 1 aliphatic rings. The fourth-order valence-corrected chi connectivity index (χ4v) is 3.23. The van der Waals surface area contributed by atoms with Gasteiger partial charge in [-0.15, -0.1) is 0 Å². The molecule has 0 saturated carbocycles. The highest BCUT2D eigenvalue weighted by Gasteiger charge is 2.32. The summed E-state index contributed by atoms with van der Waals surface area (Å²) in [7, 11) is 0. The van der Waals surface area contributed by atoms with Crippen molar-refractivity contribution < 1.29 is 9.18 Å². The van der Waals surface area contributed by atoms with Crippen molar-refractivity contribution in [2.24, 2.45) is 17.6 Å². The first kappa shape index (κ1) is 16.0. The van der Waals surface area contributed by atoms with Crippen LogP contribution in [0.5, 0.6) is 0 Å². The summed E-state index contributed by atoms with van der Waals surface area (Å²) in [6, 6.07) is 6.54. The zero-order chi connectivity index (χ0) is 15.4. The summed E-state index contributed by atoms with van der Waals surface area (Å²) in [5.41, 5.74) is 6.85. The van der Waals surface area contributed by atoms with Gasteiger partial charge in [0.1, 0.15) is 5.82 Å². The van der Waals surface area contributed by atoms with Crippen molar-refractivity contribution in [3.05, 3.63) is 35.6 Å². The first-order valence-electron chi connectivity index (χ1n) is 7.78. The molecule has 0 aromatic heterocycles. The Balaban J connectivity index is 2.02. The predicted octanol–water partition coefficient (Wildman–Crippen LogP) is 2.59. The Morgan fingerprint density at radius 1 is 1.43 bits per heavy atom. The smallest absolute Gasteiger partial charge is 0.226 e. The van der Waals surface area contributed by atoms with Gasteiger partial charge in [-0.1, -0.05) is 26.0 Å². The number of amides is 1. The van der Waals surface area contributed by atoms with Crippen LogP contribution in [0.1, 0.15) is 32.3 Å². The number of hydrogen-bond acceptors (Lipinski definition) is 2. The van der Waals surface area contributed by atoms with Gasteiger partial charge in [-0.05, 0) is 42.9 Å². The first-order chi connectivity index (χ1) is 10.0. The molecule has 1 aromatic rings. The van der Waals surface area contributed by atoms with E-state index in [1.54, 1.807) is 12.1 Å². The molecular weight excluding hydrogens is 267 g/mol. The van der Waals surface area contributed by atoms with Gasteiger partial charge in [0.05, 0.1) is 0 Å². The zero-order valence-corrected chi connectivity index (χ0v) is 12.9. The molecule has 116 valence electrons. The van der Waals surface area contributed by atoms with E-state index in [0.29, 0.717) is 18.9 Å². The number of hydrogen-bond donors (Lipinski definition) is 1.